The van der Waals surface area contributed by atoms with Crippen molar-refractivity contribution < 1.29 is 9.59 Å². The quantitative estimate of drug-likeness (QED) is 0.804. The maximum atomic E-state index is 12.1. The maximum absolute atomic E-state index is 12.1. The van der Waals surface area contributed by atoms with Crippen molar-refractivity contribution in [3.05, 3.63) is 59.7 Å². The molecule has 2 amide bonds. The van der Waals surface area contributed by atoms with Crippen molar-refractivity contribution in [2.24, 2.45) is 0 Å². The number of hydrogen-bond donors (Lipinski definition) is 2. The number of benzene rings is 2. The molecule has 0 aliphatic rings. The van der Waals surface area contributed by atoms with E-state index in [9.17, 15) is 9.59 Å². The van der Waals surface area contributed by atoms with Crippen LogP contribution >= 0.6 is 0 Å². The molecule has 2 aromatic rings. The van der Waals surface area contributed by atoms with Crippen LogP contribution in [0.25, 0.3) is 0 Å². The van der Waals surface area contributed by atoms with Gasteiger partial charge in [-0.3, -0.25) is 14.5 Å². The number of nitrogens with one attached hydrogen (secondary N) is 2. The highest BCUT2D eigenvalue weighted by atomic mass is 16.2. The third-order valence-electron chi connectivity index (χ3n) is 3.68. The Bertz CT molecular complexity index is 792. The summed E-state index contributed by atoms with van der Waals surface area (Å²) in [6.45, 7) is 2.19. The van der Waals surface area contributed by atoms with Crippen LogP contribution in [0.2, 0.25) is 0 Å². The van der Waals surface area contributed by atoms with Gasteiger partial charge in [0.2, 0.25) is 11.8 Å². The molecule has 134 valence electrons. The predicted molar refractivity (Wildman–Crippen MR) is 102 cm³/mol. The number of rotatable bonds is 7. The standard InChI is InChI=1S/C20H22N4O2/c1-15-3-7-17(8-4-15)22-19(25)13-24(2)14-20(26)23-18-9-5-16(6-10-18)11-12-21/h3-10H,11,13-14H2,1-2H3,(H,22,25)(H,23,26). The molecule has 0 fully saturated rings. The molecule has 0 radical (unpaired) electrons. The summed E-state index contributed by atoms with van der Waals surface area (Å²) in [4.78, 5) is 25.8. The number of hydrogen-bond acceptors (Lipinski definition) is 4. The first-order chi connectivity index (χ1) is 12.5. The molecular formula is C20H22N4O2. The topological polar surface area (TPSA) is 85.2 Å². The van der Waals surface area contributed by atoms with Gasteiger partial charge in [0.05, 0.1) is 25.6 Å². The molecule has 0 aliphatic carbocycles. The first kappa shape index (κ1) is 19.2. The number of carbonyl (C=O) groups is 2. The third-order valence-corrected chi connectivity index (χ3v) is 3.68. The summed E-state index contributed by atoms with van der Waals surface area (Å²) in [7, 11) is 1.71. The van der Waals surface area contributed by atoms with Crippen LogP contribution in [0.5, 0.6) is 0 Å². The van der Waals surface area contributed by atoms with E-state index < -0.39 is 0 Å². The molecule has 2 rings (SSSR count). The average Bonchev–Trinajstić information content (AvgIpc) is 2.58. The molecule has 0 atom stereocenters. The number of carbonyl (C=O) groups excluding carboxylic acids is 2. The van der Waals surface area contributed by atoms with Crippen molar-refractivity contribution in [1.82, 2.24) is 4.90 Å². The molecule has 0 heterocycles. The van der Waals surface area contributed by atoms with Gasteiger partial charge in [-0.25, -0.2) is 0 Å². The molecule has 0 saturated carbocycles. The SMILES string of the molecule is Cc1ccc(NC(=O)CN(C)CC(=O)Nc2ccc(CC#N)cc2)cc1. The summed E-state index contributed by atoms with van der Waals surface area (Å²) in [5.74, 6) is -0.381. The first-order valence-corrected chi connectivity index (χ1v) is 8.27. The van der Waals surface area contributed by atoms with Gasteiger partial charge in [-0.2, -0.15) is 5.26 Å². The highest BCUT2D eigenvalue weighted by Gasteiger charge is 2.11. The van der Waals surface area contributed by atoms with Crippen LogP contribution in [0.4, 0.5) is 11.4 Å². The van der Waals surface area contributed by atoms with Crippen molar-refractivity contribution in [1.29, 1.82) is 5.26 Å². The van der Waals surface area contributed by atoms with Crippen molar-refractivity contribution in [3.63, 3.8) is 0 Å². The Labute approximate surface area is 153 Å². The zero-order valence-corrected chi connectivity index (χ0v) is 15.0. The van der Waals surface area contributed by atoms with Gasteiger partial charge in [-0.05, 0) is 43.8 Å². The summed E-state index contributed by atoms with van der Waals surface area (Å²) >= 11 is 0. The Morgan fingerprint density at radius 2 is 1.38 bits per heavy atom. The van der Waals surface area contributed by atoms with Gasteiger partial charge in [-0.1, -0.05) is 29.8 Å². The minimum atomic E-state index is -0.205. The van der Waals surface area contributed by atoms with Crippen molar-refractivity contribution in [3.8, 4) is 6.07 Å². The second-order valence-corrected chi connectivity index (χ2v) is 6.17. The Morgan fingerprint density at radius 3 is 1.85 bits per heavy atom. The number of nitriles is 1. The van der Waals surface area contributed by atoms with Crippen LogP contribution in [0, 0.1) is 18.3 Å². The Morgan fingerprint density at radius 1 is 0.923 bits per heavy atom. The predicted octanol–water partition coefficient (Wildman–Crippen LogP) is 2.57. The van der Waals surface area contributed by atoms with E-state index in [2.05, 4.69) is 16.7 Å². The molecular weight excluding hydrogens is 328 g/mol. The van der Waals surface area contributed by atoms with Crippen LogP contribution in [0.1, 0.15) is 11.1 Å². The summed E-state index contributed by atoms with van der Waals surface area (Å²) in [6.07, 6.45) is 0.340. The number of anilines is 2. The van der Waals surface area contributed by atoms with Gasteiger partial charge >= 0.3 is 0 Å². The number of aryl methyl sites for hydroxylation is 1. The second-order valence-electron chi connectivity index (χ2n) is 6.17. The number of nitrogens with zero attached hydrogens (tertiary/aromatic N) is 2. The van der Waals surface area contributed by atoms with E-state index >= 15 is 0 Å². The molecule has 0 saturated heterocycles. The molecule has 0 bridgehead atoms. The Hall–Kier alpha value is -3.17. The number of likely N-dealkylation sites (N-methyl/N-ethyl adjacent to an activating group) is 1. The molecule has 0 spiro atoms. The summed E-state index contributed by atoms with van der Waals surface area (Å²) in [5.41, 5.74) is 3.41. The monoisotopic (exact) mass is 350 g/mol. The highest BCUT2D eigenvalue weighted by Crippen LogP contribution is 2.10. The lowest BCUT2D eigenvalue weighted by Gasteiger charge is -2.16. The minimum absolute atomic E-state index is 0.0985. The molecule has 0 aromatic heterocycles. The van der Waals surface area contributed by atoms with E-state index in [1.54, 1.807) is 36.2 Å². The van der Waals surface area contributed by atoms with Gasteiger partial charge in [0.1, 0.15) is 0 Å². The molecule has 2 aromatic carbocycles. The van der Waals surface area contributed by atoms with Gasteiger partial charge < -0.3 is 10.6 Å². The summed E-state index contributed by atoms with van der Waals surface area (Å²) < 4.78 is 0. The normalized spacial score (nSPS) is 10.2. The van der Waals surface area contributed by atoms with Crippen molar-refractivity contribution in [2.45, 2.75) is 13.3 Å². The van der Waals surface area contributed by atoms with Gasteiger partial charge in [-0.15, -0.1) is 0 Å². The summed E-state index contributed by atoms with van der Waals surface area (Å²) in [6, 6.07) is 16.7. The fraction of sp³-hybridized carbons (Fsp3) is 0.250. The largest absolute Gasteiger partial charge is 0.325 e. The van der Waals surface area contributed by atoms with E-state index in [1.807, 2.05) is 31.2 Å². The average molecular weight is 350 g/mol. The van der Waals surface area contributed by atoms with Crippen LogP contribution < -0.4 is 10.6 Å². The smallest absolute Gasteiger partial charge is 0.238 e. The van der Waals surface area contributed by atoms with Crippen molar-refractivity contribution in [2.75, 3.05) is 30.8 Å². The molecule has 0 aliphatic heterocycles. The van der Waals surface area contributed by atoms with E-state index in [1.165, 1.54) is 0 Å². The highest BCUT2D eigenvalue weighted by molar-refractivity contribution is 5.94. The van der Waals surface area contributed by atoms with Crippen LogP contribution in [-0.4, -0.2) is 36.9 Å². The summed E-state index contributed by atoms with van der Waals surface area (Å²) in [5, 5.41) is 14.2. The lowest BCUT2D eigenvalue weighted by Crippen LogP contribution is -2.36. The van der Waals surface area contributed by atoms with Crippen LogP contribution in [0.3, 0.4) is 0 Å². The van der Waals surface area contributed by atoms with E-state index in [0.29, 0.717) is 12.1 Å². The maximum Gasteiger partial charge on any atom is 0.238 e. The van der Waals surface area contributed by atoms with E-state index in [-0.39, 0.29) is 24.9 Å². The molecule has 6 nitrogen and oxygen atoms in total. The third kappa shape index (κ3) is 6.38. The molecule has 2 N–H and O–H groups in total. The fourth-order valence-corrected chi connectivity index (χ4v) is 2.38. The number of amides is 2. The zero-order chi connectivity index (χ0) is 18.9. The van der Waals surface area contributed by atoms with Crippen molar-refractivity contribution >= 4 is 23.2 Å². The Kier molecular flexibility index (Phi) is 6.89. The van der Waals surface area contributed by atoms with Gasteiger partial charge in [0.25, 0.3) is 0 Å². The zero-order valence-electron chi connectivity index (χ0n) is 15.0. The lowest BCUT2D eigenvalue weighted by molar-refractivity contribution is -0.119. The first-order valence-electron chi connectivity index (χ1n) is 8.27. The molecule has 6 heteroatoms. The van der Waals surface area contributed by atoms with E-state index in [0.717, 1.165) is 16.8 Å². The lowest BCUT2D eigenvalue weighted by atomic mass is 10.1. The Balaban J connectivity index is 1.78. The van der Waals surface area contributed by atoms with E-state index in [4.69, 9.17) is 5.26 Å². The van der Waals surface area contributed by atoms with Crippen LogP contribution in [0.15, 0.2) is 48.5 Å². The fourth-order valence-electron chi connectivity index (χ4n) is 2.38. The van der Waals surface area contributed by atoms with Gasteiger partial charge in [0.15, 0.2) is 0 Å². The minimum Gasteiger partial charge on any atom is -0.325 e. The second kappa shape index (κ2) is 9.35. The molecule has 26 heavy (non-hydrogen) atoms. The van der Waals surface area contributed by atoms with Crippen LogP contribution in [-0.2, 0) is 16.0 Å². The molecule has 0 unspecified atom stereocenters. The van der Waals surface area contributed by atoms with Gasteiger partial charge in [0, 0.05) is 11.4 Å².